The summed E-state index contributed by atoms with van der Waals surface area (Å²) in [6.45, 7) is 0.535. The van der Waals surface area contributed by atoms with Crippen molar-refractivity contribution in [1.82, 2.24) is 4.90 Å². The second-order valence-corrected chi connectivity index (χ2v) is 5.26. The van der Waals surface area contributed by atoms with Crippen molar-refractivity contribution in [2.75, 3.05) is 19.9 Å². The number of hydrogen-bond acceptors (Lipinski definition) is 3. The van der Waals surface area contributed by atoms with Crippen LogP contribution in [0, 0.1) is 0 Å². The molecule has 2 N–H and O–H groups in total. The number of para-hydroxylation sites is 2. The highest BCUT2D eigenvalue weighted by atomic mass is 35.5. The van der Waals surface area contributed by atoms with Crippen LogP contribution < -0.4 is 10.5 Å². The van der Waals surface area contributed by atoms with E-state index in [0.717, 1.165) is 22.6 Å². The second kappa shape index (κ2) is 9.06. The Morgan fingerprint density at radius 3 is 2.35 bits per heavy atom. The van der Waals surface area contributed by atoms with Gasteiger partial charge in [0, 0.05) is 31.3 Å². The fourth-order valence-electron chi connectivity index (χ4n) is 2.37. The maximum Gasteiger partial charge on any atom is 0.222 e. The molecule has 0 aromatic heterocycles. The van der Waals surface area contributed by atoms with E-state index in [2.05, 4.69) is 0 Å². The van der Waals surface area contributed by atoms with E-state index in [1.165, 1.54) is 0 Å². The summed E-state index contributed by atoms with van der Waals surface area (Å²) in [5, 5.41) is 0. The molecule has 0 fully saturated rings. The van der Waals surface area contributed by atoms with Crippen LogP contribution in [0.3, 0.4) is 0 Å². The first-order valence-corrected chi connectivity index (χ1v) is 7.31. The predicted octanol–water partition coefficient (Wildman–Crippen LogP) is 3.29. The Kier molecular flexibility index (Phi) is 7.42. The molecule has 0 aliphatic carbocycles. The first-order valence-electron chi connectivity index (χ1n) is 7.31. The third-order valence-corrected chi connectivity index (χ3v) is 3.69. The highest BCUT2D eigenvalue weighted by molar-refractivity contribution is 5.85. The molecule has 0 radical (unpaired) electrons. The minimum absolute atomic E-state index is 0. The topological polar surface area (TPSA) is 55.6 Å². The van der Waals surface area contributed by atoms with Gasteiger partial charge in [0.25, 0.3) is 0 Å². The molecule has 0 saturated carbocycles. The Bertz CT molecular complexity index is 646. The van der Waals surface area contributed by atoms with E-state index in [9.17, 15) is 4.79 Å². The number of ether oxygens (including phenoxy) is 1. The number of carbonyl (C=O) groups excluding carboxylic acids is 1. The summed E-state index contributed by atoms with van der Waals surface area (Å²) < 4.78 is 5.32. The van der Waals surface area contributed by atoms with Gasteiger partial charge in [-0.1, -0.05) is 36.4 Å². The van der Waals surface area contributed by atoms with Crippen LogP contribution in [0.2, 0.25) is 0 Å². The summed E-state index contributed by atoms with van der Waals surface area (Å²) in [5.41, 5.74) is 8.66. The first kappa shape index (κ1) is 18.8. The average molecular weight is 335 g/mol. The molecule has 23 heavy (non-hydrogen) atoms. The highest BCUT2D eigenvalue weighted by Crippen LogP contribution is 2.19. The third-order valence-electron chi connectivity index (χ3n) is 3.69. The van der Waals surface area contributed by atoms with Crippen LogP contribution in [-0.4, -0.2) is 25.0 Å². The predicted molar refractivity (Wildman–Crippen MR) is 95.9 cm³/mol. The summed E-state index contributed by atoms with van der Waals surface area (Å²) in [5.74, 6) is 0.892. The normalized spacial score (nSPS) is 9.83. The molecule has 1 amide bonds. The Balaban J connectivity index is 0.00000264. The summed E-state index contributed by atoms with van der Waals surface area (Å²) in [7, 11) is 3.45. The van der Waals surface area contributed by atoms with E-state index in [1.807, 2.05) is 55.6 Å². The number of halogens is 1. The quantitative estimate of drug-likeness (QED) is 0.825. The molecule has 124 valence electrons. The van der Waals surface area contributed by atoms with Crippen LogP contribution >= 0.6 is 12.4 Å². The molecule has 4 nitrogen and oxygen atoms in total. The van der Waals surface area contributed by atoms with Gasteiger partial charge >= 0.3 is 0 Å². The van der Waals surface area contributed by atoms with Crippen molar-refractivity contribution in [2.24, 2.45) is 0 Å². The fraction of sp³-hybridized carbons (Fsp3) is 0.278. The van der Waals surface area contributed by atoms with Crippen LogP contribution in [0.25, 0.3) is 0 Å². The lowest BCUT2D eigenvalue weighted by Gasteiger charge is -2.19. The Morgan fingerprint density at radius 1 is 1.09 bits per heavy atom. The van der Waals surface area contributed by atoms with Crippen LogP contribution in [0.15, 0.2) is 48.5 Å². The van der Waals surface area contributed by atoms with Crippen LogP contribution in [-0.2, 0) is 17.8 Å². The van der Waals surface area contributed by atoms with Crippen molar-refractivity contribution in [2.45, 2.75) is 19.4 Å². The Hall–Kier alpha value is -2.20. The maximum absolute atomic E-state index is 12.3. The van der Waals surface area contributed by atoms with Gasteiger partial charge in [-0.15, -0.1) is 12.4 Å². The standard InChI is InChI=1S/C18H22N2O2.ClH/c1-20(13-15-8-4-6-10-17(15)22-2)18(21)12-11-14-7-3-5-9-16(14)19;/h3-10H,11-13,19H2,1-2H3;1H. The van der Waals surface area contributed by atoms with Crippen molar-refractivity contribution >= 4 is 24.0 Å². The monoisotopic (exact) mass is 334 g/mol. The van der Waals surface area contributed by atoms with Crippen molar-refractivity contribution in [3.05, 3.63) is 59.7 Å². The minimum atomic E-state index is 0. The molecular weight excluding hydrogens is 312 g/mol. The zero-order valence-corrected chi connectivity index (χ0v) is 14.3. The number of nitrogens with two attached hydrogens (primary N) is 1. The van der Waals surface area contributed by atoms with Gasteiger partial charge in [0.15, 0.2) is 0 Å². The molecule has 0 aliphatic rings. The first-order chi connectivity index (χ1) is 10.6. The van der Waals surface area contributed by atoms with Gasteiger partial charge in [-0.3, -0.25) is 4.79 Å². The SMILES string of the molecule is COc1ccccc1CN(C)C(=O)CCc1ccccc1N.Cl. The smallest absolute Gasteiger partial charge is 0.222 e. The molecule has 0 bridgehead atoms. The molecule has 0 saturated heterocycles. The van der Waals surface area contributed by atoms with Gasteiger partial charge < -0.3 is 15.4 Å². The Morgan fingerprint density at radius 2 is 1.70 bits per heavy atom. The molecule has 0 aliphatic heterocycles. The second-order valence-electron chi connectivity index (χ2n) is 5.26. The largest absolute Gasteiger partial charge is 0.496 e. The van der Waals surface area contributed by atoms with Gasteiger partial charge in [-0.05, 0) is 24.1 Å². The van der Waals surface area contributed by atoms with Crippen LogP contribution in [0.1, 0.15) is 17.5 Å². The zero-order chi connectivity index (χ0) is 15.9. The van der Waals surface area contributed by atoms with Crippen molar-refractivity contribution in [3.8, 4) is 5.75 Å². The van der Waals surface area contributed by atoms with Crippen molar-refractivity contribution in [3.63, 3.8) is 0 Å². The lowest BCUT2D eigenvalue weighted by molar-refractivity contribution is -0.130. The lowest BCUT2D eigenvalue weighted by atomic mass is 10.1. The number of nitrogen functional groups attached to an aromatic ring is 1. The number of amides is 1. The number of carbonyl (C=O) groups is 1. The number of rotatable bonds is 6. The van der Waals surface area contributed by atoms with E-state index in [1.54, 1.807) is 12.0 Å². The molecule has 0 atom stereocenters. The molecule has 0 heterocycles. The molecular formula is C18H23ClN2O2. The number of aryl methyl sites for hydroxylation is 1. The molecule has 2 aromatic carbocycles. The molecule has 5 heteroatoms. The van der Waals surface area contributed by atoms with Gasteiger partial charge in [0.1, 0.15) is 5.75 Å². The summed E-state index contributed by atoms with van der Waals surface area (Å²) in [6.07, 6.45) is 1.10. The van der Waals surface area contributed by atoms with E-state index < -0.39 is 0 Å². The number of hydrogen-bond donors (Lipinski definition) is 1. The molecule has 0 spiro atoms. The minimum Gasteiger partial charge on any atom is -0.496 e. The third kappa shape index (κ3) is 5.18. The van der Waals surface area contributed by atoms with E-state index in [4.69, 9.17) is 10.5 Å². The summed E-state index contributed by atoms with van der Waals surface area (Å²) in [6, 6.07) is 15.4. The molecule has 0 unspecified atom stereocenters. The average Bonchev–Trinajstić information content (AvgIpc) is 2.54. The van der Waals surface area contributed by atoms with Gasteiger partial charge in [-0.2, -0.15) is 0 Å². The summed E-state index contributed by atoms with van der Waals surface area (Å²) in [4.78, 5) is 14.0. The highest BCUT2D eigenvalue weighted by Gasteiger charge is 2.12. The summed E-state index contributed by atoms with van der Waals surface area (Å²) >= 11 is 0. The number of methoxy groups -OCH3 is 1. The van der Waals surface area contributed by atoms with Gasteiger partial charge in [0.05, 0.1) is 7.11 Å². The van der Waals surface area contributed by atoms with Gasteiger partial charge in [0.2, 0.25) is 5.91 Å². The lowest BCUT2D eigenvalue weighted by Crippen LogP contribution is -2.26. The fourth-order valence-corrected chi connectivity index (χ4v) is 2.37. The van der Waals surface area contributed by atoms with Gasteiger partial charge in [-0.25, -0.2) is 0 Å². The number of benzene rings is 2. The number of nitrogens with zero attached hydrogens (tertiary/aromatic N) is 1. The van der Waals surface area contributed by atoms with E-state index in [-0.39, 0.29) is 18.3 Å². The van der Waals surface area contributed by atoms with Crippen LogP contribution in [0.5, 0.6) is 5.75 Å². The van der Waals surface area contributed by atoms with E-state index in [0.29, 0.717) is 19.4 Å². The zero-order valence-electron chi connectivity index (χ0n) is 13.5. The van der Waals surface area contributed by atoms with Crippen molar-refractivity contribution in [1.29, 1.82) is 0 Å². The maximum atomic E-state index is 12.3. The molecule has 2 rings (SSSR count). The van der Waals surface area contributed by atoms with Crippen LogP contribution in [0.4, 0.5) is 5.69 Å². The van der Waals surface area contributed by atoms with E-state index >= 15 is 0 Å². The molecule has 2 aromatic rings. The van der Waals surface area contributed by atoms with Crippen molar-refractivity contribution < 1.29 is 9.53 Å². The Labute approximate surface area is 143 Å². The number of anilines is 1.